The number of fused-ring (bicyclic) bond motifs is 2. The smallest absolute Gasteiger partial charge is 0.350 e. The summed E-state index contributed by atoms with van der Waals surface area (Å²) >= 11 is 1.48. The summed E-state index contributed by atoms with van der Waals surface area (Å²) in [6.07, 6.45) is 6.11. The Bertz CT molecular complexity index is 1110. The number of ether oxygens (including phenoxy) is 1. The zero-order valence-electron chi connectivity index (χ0n) is 16.2. The number of aliphatic imine (C=N–C) groups is 1. The lowest BCUT2D eigenvalue weighted by molar-refractivity contribution is 0.0533. The molecule has 0 N–H and O–H groups in total. The Morgan fingerprint density at radius 1 is 1.25 bits per heavy atom. The number of hydrogen-bond donors (Lipinski definition) is 0. The fraction of sp³-hybridized carbons (Fsp3) is 0.409. The molecule has 2 aliphatic rings. The summed E-state index contributed by atoms with van der Waals surface area (Å²) in [6, 6.07) is 8.59. The van der Waals surface area contributed by atoms with Crippen molar-refractivity contribution in [1.82, 2.24) is 4.98 Å². The zero-order chi connectivity index (χ0) is 19.3. The summed E-state index contributed by atoms with van der Waals surface area (Å²) in [5.74, 6) is 1.58. The summed E-state index contributed by atoms with van der Waals surface area (Å²) in [5, 5.41) is 2.07. The number of carbonyl (C=O) groups is 1. The van der Waals surface area contributed by atoms with Crippen molar-refractivity contribution in [3.63, 3.8) is 0 Å². The van der Waals surface area contributed by atoms with E-state index in [0.29, 0.717) is 17.5 Å². The topological polar surface area (TPSA) is 54.8 Å². The average molecular weight is 394 g/mol. The Balaban J connectivity index is 1.80. The monoisotopic (exact) mass is 393 g/mol. The number of rotatable bonds is 3. The van der Waals surface area contributed by atoms with Gasteiger partial charge in [0.2, 0.25) is 0 Å². The normalized spacial score (nSPS) is 17.2. The second-order valence-electron chi connectivity index (χ2n) is 7.48. The van der Waals surface area contributed by atoms with Crippen molar-refractivity contribution >= 4 is 55.6 Å². The third kappa shape index (κ3) is 2.62. The molecule has 0 spiro atoms. The molecule has 0 radical (unpaired) electrons. The molecule has 3 aromatic rings. The molecule has 5 nitrogen and oxygen atoms in total. The van der Waals surface area contributed by atoms with Gasteiger partial charge < -0.3 is 9.64 Å². The highest BCUT2D eigenvalue weighted by molar-refractivity contribution is 7.22. The first-order chi connectivity index (χ1) is 13.7. The van der Waals surface area contributed by atoms with E-state index in [0.717, 1.165) is 51.2 Å². The van der Waals surface area contributed by atoms with Crippen molar-refractivity contribution in [3.8, 4) is 0 Å². The van der Waals surface area contributed by atoms with E-state index in [1.54, 1.807) is 0 Å². The van der Waals surface area contributed by atoms with Crippen molar-refractivity contribution < 1.29 is 9.53 Å². The summed E-state index contributed by atoms with van der Waals surface area (Å²) in [6.45, 7) is 4.22. The van der Waals surface area contributed by atoms with E-state index in [1.807, 2.05) is 26.0 Å². The van der Waals surface area contributed by atoms with Gasteiger partial charge in [0.15, 0.2) is 0 Å². The predicted octanol–water partition coefficient (Wildman–Crippen LogP) is 5.83. The summed E-state index contributed by atoms with van der Waals surface area (Å²) < 4.78 is 6.40. The Kier molecular flexibility index (Phi) is 4.31. The minimum Gasteiger partial charge on any atom is -0.462 e. The van der Waals surface area contributed by atoms with Crippen molar-refractivity contribution in [2.45, 2.75) is 52.0 Å². The molecule has 1 aliphatic heterocycles. The standard InChI is InChI=1S/C22H23N3O2S/c1-3-27-22(26)20-18-17-19(28-20)15-11-7-8-12-16(15)24-21(17)25(13(2)23-18)14-9-5-4-6-10-14/h7-8,11-12,14H,3-6,9-10H2,1-2H3. The van der Waals surface area contributed by atoms with Crippen LogP contribution in [0.2, 0.25) is 0 Å². The van der Waals surface area contributed by atoms with E-state index >= 15 is 0 Å². The van der Waals surface area contributed by atoms with Crippen molar-refractivity contribution in [1.29, 1.82) is 0 Å². The highest BCUT2D eigenvalue weighted by Crippen LogP contribution is 2.49. The average Bonchev–Trinajstić information content (AvgIpc) is 3.09. The van der Waals surface area contributed by atoms with Gasteiger partial charge in [0.05, 0.1) is 22.2 Å². The number of esters is 1. The van der Waals surface area contributed by atoms with E-state index in [2.05, 4.69) is 17.0 Å². The van der Waals surface area contributed by atoms with Crippen LogP contribution in [0.3, 0.4) is 0 Å². The first-order valence-corrected chi connectivity index (χ1v) is 10.9. The Morgan fingerprint density at radius 2 is 2.04 bits per heavy atom. The van der Waals surface area contributed by atoms with Gasteiger partial charge in [-0.2, -0.15) is 0 Å². The molecule has 6 heteroatoms. The number of anilines is 1. The van der Waals surface area contributed by atoms with E-state index in [-0.39, 0.29) is 5.97 Å². The van der Waals surface area contributed by atoms with Gasteiger partial charge in [-0.3, -0.25) is 0 Å². The molecule has 144 valence electrons. The molecule has 1 aromatic carbocycles. The molecular weight excluding hydrogens is 370 g/mol. The van der Waals surface area contributed by atoms with Crippen LogP contribution in [0.1, 0.15) is 55.6 Å². The van der Waals surface area contributed by atoms with Crippen molar-refractivity contribution in [2.75, 3.05) is 11.5 Å². The Hall–Kier alpha value is -2.47. The van der Waals surface area contributed by atoms with Gasteiger partial charge >= 0.3 is 5.97 Å². The minimum absolute atomic E-state index is 0.295. The highest BCUT2D eigenvalue weighted by Gasteiger charge is 2.34. The molecule has 0 saturated heterocycles. The molecule has 5 rings (SSSR count). The molecule has 0 atom stereocenters. The number of amidine groups is 1. The van der Waals surface area contributed by atoms with Crippen LogP contribution in [0.25, 0.3) is 21.0 Å². The molecule has 1 fully saturated rings. The molecule has 0 unspecified atom stereocenters. The molecule has 28 heavy (non-hydrogen) atoms. The minimum atomic E-state index is -0.295. The van der Waals surface area contributed by atoms with Crippen LogP contribution >= 0.6 is 11.3 Å². The van der Waals surface area contributed by atoms with Crippen LogP contribution in [0.4, 0.5) is 11.5 Å². The van der Waals surface area contributed by atoms with Crippen LogP contribution in [0, 0.1) is 0 Å². The maximum atomic E-state index is 12.6. The number of para-hydroxylation sites is 1. The summed E-state index contributed by atoms with van der Waals surface area (Å²) in [4.78, 5) is 25.5. The molecule has 2 aromatic heterocycles. The van der Waals surface area contributed by atoms with E-state index in [9.17, 15) is 4.79 Å². The van der Waals surface area contributed by atoms with Crippen LogP contribution in [0.5, 0.6) is 0 Å². The van der Waals surface area contributed by atoms with Gasteiger partial charge in [-0.15, -0.1) is 11.3 Å². The van der Waals surface area contributed by atoms with Crippen molar-refractivity contribution in [2.24, 2.45) is 4.99 Å². The number of pyridine rings is 1. The van der Waals surface area contributed by atoms with Gasteiger partial charge in [-0.1, -0.05) is 37.5 Å². The van der Waals surface area contributed by atoms with Crippen molar-refractivity contribution in [3.05, 3.63) is 29.1 Å². The fourth-order valence-corrected chi connectivity index (χ4v) is 5.68. The lowest BCUT2D eigenvalue weighted by Crippen LogP contribution is -2.42. The first-order valence-electron chi connectivity index (χ1n) is 10.1. The quantitative estimate of drug-likeness (QED) is 0.526. The van der Waals surface area contributed by atoms with Crippen LogP contribution in [0.15, 0.2) is 29.3 Å². The molecule has 3 heterocycles. The van der Waals surface area contributed by atoms with Crippen LogP contribution < -0.4 is 4.90 Å². The number of hydrogen-bond acceptors (Lipinski definition) is 6. The zero-order valence-corrected chi connectivity index (χ0v) is 17.0. The summed E-state index contributed by atoms with van der Waals surface area (Å²) in [7, 11) is 0. The van der Waals surface area contributed by atoms with Crippen LogP contribution in [-0.4, -0.2) is 29.4 Å². The van der Waals surface area contributed by atoms with E-state index in [4.69, 9.17) is 14.7 Å². The Labute approximate surface area is 168 Å². The maximum Gasteiger partial charge on any atom is 0.350 e. The van der Waals surface area contributed by atoms with Crippen LogP contribution in [-0.2, 0) is 4.74 Å². The molecular formula is C22H23N3O2S. The second-order valence-corrected chi connectivity index (χ2v) is 8.50. The number of carbonyl (C=O) groups excluding carboxylic acids is 1. The Morgan fingerprint density at radius 3 is 2.82 bits per heavy atom. The highest BCUT2D eigenvalue weighted by atomic mass is 32.1. The third-order valence-electron chi connectivity index (χ3n) is 5.73. The molecule has 0 amide bonds. The second kappa shape index (κ2) is 6.85. The molecule has 1 aliphatic carbocycles. The number of benzene rings is 1. The van der Waals surface area contributed by atoms with E-state index < -0.39 is 0 Å². The number of aromatic nitrogens is 1. The first kappa shape index (κ1) is 17.6. The molecule has 0 bridgehead atoms. The lowest BCUT2D eigenvalue weighted by atomic mass is 9.93. The fourth-order valence-electron chi connectivity index (χ4n) is 4.51. The van der Waals surface area contributed by atoms with Gasteiger partial charge in [0.25, 0.3) is 0 Å². The lowest BCUT2D eigenvalue weighted by Gasteiger charge is -2.37. The van der Waals surface area contributed by atoms with Gasteiger partial charge in [0.1, 0.15) is 22.2 Å². The summed E-state index contributed by atoms with van der Waals surface area (Å²) in [5.41, 5.74) is 1.69. The van der Waals surface area contributed by atoms with Gasteiger partial charge in [-0.05, 0) is 32.8 Å². The predicted molar refractivity (Wildman–Crippen MR) is 115 cm³/mol. The number of nitrogens with zero attached hydrogens (tertiary/aromatic N) is 3. The van der Waals surface area contributed by atoms with E-state index in [1.165, 1.54) is 30.6 Å². The molecule has 1 saturated carbocycles. The third-order valence-corrected chi connectivity index (χ3v) is 6.93. The SMILES string of the molecule is CCOC(=O)c1sc2c3c(nc4ccccc42)N(C2CCCCC2)C(C)=Nc13. The largest absolute Gasteiger partial charge is 0.462 e. The van der Waals surface area contributed by atoms with Gasteiger partial charge in [0, 0.05) is 11.4 Å². The van der Waals surface area contributed by atoms with Gasteiger partial charge in [-0.25, -0.2) is 14.8 Å². The maximum absolute atomic E-state index is 12.6. The number of thiophene rings is 1.